The number of carbonyl (C=O) groups is 2. The Hall–Kier alpha value is -2.35. The number of piperazine rings is 1. The summed E-state index contributed by atoms with van der Waals surface area (Å²) >= 11 is 11.9. The Balaban J connectivity index is 1.64. The van der Waals surface area contributed by atoms with E-state index in [4.69, 9.17) is 27.9 Å². The van der Waals surface area contributed by atoms with Gasteiger partial charge >= 0.3 is 12.0 Å². The molecular formula is C20H20Cl2FN3O3. The molecule has 1 aliphatic rings. The van der Waals surface area contributed by atoms with Crippen molar-refractivity contribution in [2.45, 2.75) is 6.04 Å². The summed E-state index contributed by atoms with van der Waals surface area (Å²) in [4.78, 5) is 28.4. The lowest BCUT2D eigenvalue weighted by Crippen LogP contribution is -2.52. The van der Waals surface area contributed by atoms with Gasteiger partial charge < -0.3 is 15.0 Å². The molecule has 6 nitrogen and oxygen atoms in total. The molecule has 154 valence electrons. The second-order valence-electron chi connectivity index (χ2n) is 6.56. The average Bonchev–Trinajstić information content (AvgIpc) is 2.72. The predicted octanol–water partition coefficient (Wildman–Crippen LogP) is 4.20. The first-order chi connectivity index (χ1) is 13.9. The quantitative estimate of drug-likeness (QED) is 0.725. The smallest absolute Gasteiger partial charge is 0.327 e. The fraction of sp³-hybridized carbons (Fsp3) is 0.300. The second kappa shape index (κ2) is 9.43. The summed E-state index contributed by atoms with van der Waals surface area (Å²) < 4.78 is 18.2. The number of urea groups is 1. The highest BCUT2D eigenvalue weighted by Gasteiger charge is 2.32. The third kappa shape index (κ3) is 5.18. The van der Waals surface area contributed by atoms with E-state index in [1.54, 1.807) is 35.2 Å². The zero-order valence-corrected chi connectivity index (χ0v) is 17.2. The number of hydrogen-bond donors (Lipinski definition) is 1. The van der Waals surface area contributed by atoms with Gasteiger partial charge in [0.1, 0.15) is 11.9 Å². The lowest BCUT2D eigenvalue weighted by molar-refractivity contribution is -0.148. The minimum absolute atomic E-state index is 0.264. The van der Waals surface area contributed by atoms with Crippen molar-refractivity contribution in [3.05, 3.63) is 63.9 Å². The highest BCUT2D eigenvalue weighted by Crippen LogP contribution is 2.26. The van der Waals surface area contributed by atoms with Crippen LogP contribution in [0.2, 0.25) is 10.0 Å². The number of amides is 2. The van der Waals surface area contributed by atoms with E-state index in [1.807, 2.05) is 4.90 Å². The van der Waals surface area contributed by atoms with Gasteiger partial charge in [0.05, 0.1) is 17.2 Å². The molecular weight excluding hydrogens is 420 g/mol. The molecule has 29 heavy (non-hydrogen) atoms. The maximum Gasteiger partial charge on any atom is 0.327 e. The summed E-state index contributed by atoms with van der Waals surface area (Å²) in [6, 6.07) is 9.71. The van der Waals surface area contributed by atoms with Gasteiger partial charge in [0.25, 0.3) is 0 Å². The van der Waals surface area contributed by atoms with E-state index >= 15 is 0 Å². The van der Waals surface area contributed by atoms with Crippen molar-refractivity contribution >= 4 is 40.9 Å². The molecule has 0 radical (unpaired) electrons. The molecule has 2 aromatic rings. The van der Waals surface area contributed by atoms with Gasteiger partial charge in [-0.15, -0.1) is 0 Å². The highest BCUT2D eigenvalue weighted by atomic mass is 35.5. The van der Waals surface area contributed by atoms with Crippen LogP contribution in [-0.2, 0) is 9.53 Å². The fourth-order valence-electron chi connectivity index (χ4n) is 3.21. The Morgan fingerprint density at radius 2 is 1.69 bits per heavy atom. The molecule has 1 atom stereocenters. The summed E-state index contributed by atoms with van der Waals surface area (Å²) in [6.45, 7) is 1.77. The van der Waals surface area contributed by atoms with Crippen molar-refractivity contribution < 1.29 is 18.7 Å². The zero-order chi connectivity index (χ0) is 21.0. The molecule has 9 heteroatoms. The summed E-state index contributed by atoms with van der Waals surface area (Å²) in [7, 11) is 1.32. The molecule has 0 aromatic heterocycles. The lowest BCUT2D eigenvalue weighted by Gasteiger charge is -2.38. The first-order valence-electron chi connectivity index (χ1n) is 8.97. The number of rotatable bonds is 4. The Bertz CT molecular complexity index is 887. The Kier molecular flexibility index (Phi) is 6.95. The average molecular weight is 440 g/mol. The molecule has 1 heterocycles. The molecule has 1 fully saturated rings. The molecule has 1 aliphatic heterocycles. The van der Waals surface area contributed by atoms with Crippen molar-refractivity contribution in [1.82, 2.24) is 9.80 Å². The number of ether oxygens (including phenoxy) is 1. The highest BCUT2D eigenvalue weighted by molar-refractivity contribution is 6.42. The molecule has 0 aliphatic carbocycles. The maximum atomic E-state index is 13.2. The summed E-state index contributed by atoms with van der Waals surface area (Å²) in [5, 5.41) is 3.55. The van der Waals surface area contributed by atoms with Gasteiger partial charge in [-0.3, -0.25) is 4.90 Å². The lowest BCUT2D eigenvalue weighted by atomic mass is 10.0. The first kappa shape index (κ1) is 21.4. The standard InChI is InChI=1S/C20H20Cl2FN3O3/c1-29-19(27)18(13-2-4-14(23)5-3-13)25-8-10-26(11-9-25)20(28)24-15-6-7-16(21)17(22)12-15/h2-7,12,18H,8-11H2,1H3,(H,24,28)/t18-/m0/s1. The summed E-state index contributed by atoms with van der Waals surface area (Å²) in [6.07, 6.45) is 0. The third-order valence-corrected chi connectivity index (χ3v) is 5.49. The molecule has 2 aromatic carbocycles. The largest absolute Gasteiger partial charge is 0.468 e. The van der Waals surface area contributed by atoms with Crippen molar-refractivity contribution in [3.8, 4) is 0 Å². The maximum absolute atomic E-state index is 13.2. The van der Waals surface area contributed by atoms with Gasteiger partial charge in [0.2, 0.25) is 0 Å². The van der Waals surface area contributed by atoms with Crippen LogP contribution in [0.4, 0.5) is 14.9 Å². The van der Waals surface area contributed by atoms with E-state index in [2.05, 4.69) is 5.32 Å². The van der Waals surface area contributed by atoms with Crippen molar-refractivity contribution in [2.75, 3.05) is 38.6 Å². The minimum Gasteiger partial charge on any atom is -0.468 e. The first-order valence-corrected chi connectivity index (χ1v) is 9.73. The monoisotopic (exact) mass is 439 g/mol. The number of hydrogen-bond acceptors (Lipinski definition) is 4. The van der Waals surface area contributed by atoms with Crippen LogP contribution in [0.3, 0.4) is 0 Å². The fourth-order valence-corrected chi connectivity index (χ4v) is 3.51. The van der Waals surface area contributed by atoms with E-state index in [0.717, 1.165) is 0 Å². The van der Waals surface area contributed by atoms with E-state index in [1.165, 1.54) is 19.2 Å². The van der Waals surface area contributed by atoms with E-state index in [0.29, 0.717) is 47.5 Å². The zero-order valence-electron chi connectivity index (χ0n) is 15.7. The van der Waals surface area contributed by atoms with Gasteiger partial charge in [-0.2, -0.15) is 0 Å². The minimum atomic E-state index is -0.652. The van der Waals surface area contributed by atoms with Gasteiger partial charge in [0.15, 0.2) is 0 Å². The van der Waals surface area contributed by atoms with E-state index in [-0.39, 0.29) is 11.8 Å². The van der Waals surface area contributed by atoms with Crippen LogP contribution < -0.4 is 5.32 Å². The molecule has 1 saturated heterocycles. The number of esters is 1. The number of benzene rings is 2. The van der Waals surface area contributed by atoms with Gasteiger partial charge in [0, 0.05) is 31.9 Å². The topological polar surface area (TPSA) is 61.9 Å². The SMILES string of the molecule is COC(=O)[C@H](c1ccc(F)cc1)N1CCN(C(=O)Nc2ccc(Cl)c(Cl)c2)CC1. The van der Waals surface area contributed by atoms with Crippen LogP contribution in [0.15, 0.2) is 42.5 Å². The predicted molar refractivity (Wildman–Crippen MR) is 110 cm³/mol. The molecule has 0 spiro atoms. The Labute approximate surface area is 178 Å². The Morgan fingerprint density at radius 3 is 2.28 bits per heavy atom. The molecule has 1 N–H and O–H groups in total. The number of nitrogens with zero attached hydrogens (tertiary/aromatic N) is 2. The number of carbonyl (C=O) groups excluding carboxylic acids is 2. The van der Waals surface area contributed by atoms with Crippen LogP contribution in [0.1, 0.15) is 11.6 Å². The molecule has 0 unspecified atom stereocenters. The number of nitrogens with one attached hydrogen (secondary N) is 1. The molecule has 2 amide bonds. The van der Waals surface area contributed by atoms with Gasteiger partial charge in [-0.05, 0) is 35.9 Å². The van der Waals surface area contributed by atoms with Crippen LogP contribution in [0.5, 0.6) is 0 Å². The van der Waals surface area contributed by atoms with Gasteiger partial charge in [-0.25, -0.2) is 14.0 Å². The third-order valence-electron chi connectivity index (χ3n) is 4.75. The molecule has 3 rings (SSSR count). The van der Waals surface area contributed by atoms with Crippen LogP contribution in [0.25, 0.3) is 0 Å². The second-order valence-corrected chi connectivity index (χ2v) is 7.37. The normalized spacial score (nSPS) is 15.7. The Morgan fingerprint density at radius 1 is 1.03 bits per heavy atom. The van der Waals surface area contributed by atoms with Crippen molar-refractivity contribution in [3.63, 3.8) is 0 Å². The summed E-state index contributed by atoms with van der Waals surface area (Å²) in [5.74, 6) is -0.800. The van der Waals surface area contributed by atoms with Crippen molar-refractivity contribution in [2.24, 2.45) is 0 Å². The molecule has 0 saturated carbocycles. The van der Waals surface area contributed by atoms with Crippen LogP contribution in [-0.4, -0.2) is 55.1 Å². The molecule has 0 bridgehead atoms. The number of anilines is 1. The summed E-state index contributed by atoms with van der Waals surface area (Å²) in [5.41, 5.74) is 1.19. The number of halogens is 3. The van der Waals surface area contributed by atoms with Crippen LogP contribution in [0, 0.1) is 5.82 Å². The van der Waals surface area contributed by atoms with Crippen molar-refractivity contribution in [1.29, 1.82) is 0 Å². The van der Waals surface area contributed by atoms with Gasteiger partial charge in [-0.1, -0.05) is 35.3 Å². The number of methoxy groups -OCH3 is 1. The van der Waals surface area contributed by atoms with Crippen LogP contribution >= 0.6 is 23.2 Å². The van der Waals surface area contributed by atoms with E-state index < -0.39 is 12.0 Å². The van der Waals surface area contributed by atoms with E-state index in [9.17, 15) is 14.0 Å².